The lowest BCUT2D eigenvalue weighted by Crippen LogP contribution is -2.05. The van der Waals surface area contributed by atoms with E-state index in [0.29, 0.717) is 0 Å². The van der Waals surface area contributed by atoms with Crippen LogP contribution in [-0.4, -0.2) is 5.11 Å². The van der Waals surface area contributed by atoms with E-state index >= 15 is 0 Å². The van der Waals surface area contributed by atoms with Crippen LogP contribution in [0.1, 0.15) is 55.6 Å². The van der Waals surface area contributed by atoms with Crippen molar-refractivity contribution in [2.75, 3.05) is 0 Å². The SMILES string of the molecule is Cc1c(C(O)C(C)C)oc2ccc(C3CC3)cc12. The van der Waals surface area contributed by atoms with E-state index in [0.717, 1.165) is 28.2 Å². The summed E-state index contributed by atoms with van der Waals surface area (Å²) >= 11 is 0. The van der Waals surface area contributed by atoms with Crippen molar-refractivity contribution in [3.8, 4) is 0 Å². The van der Waals surface area contributed by atoms with Crippen LogP contribution in [0.15, 0.2) is 22.6 Å². The summed E-state index contributed by atoms with van der Waals surface area (Å²) in [6, 6.07) is 6.45. The van der Waals surface area contributed by atoms with Gasteiger partial charge in [0.1, 0.15) is 17.4 Å². The van der Waals surface area contributed by atoms with E-state index in [1.807, 2.05) is 26.8 Å². The fraction of sp³-hybridized carbons (Fsp3) is 0.500. The molecule has 1 heterocycles. The van der Waals surface area contributed by atoms with E-state index in [-0.39, 0.29) is 5.92 Å². The van der Waals surface area contributed by atoms with Crippen LogP contribution in [-0.2, 0) is 0 Å². The Hall–Kier alpha value is -1.28. The molecule has 0 saturated heterocycles. The molecule has 3 rings (SSSR count). The highest BCUT2D eigenvalue weighted by atomic mass is 16.4. The number of benzene rings is 1. The second-order valence-corrected chi connectivity index (χ2v) is 5.81. The predicted octanol–water partition coefficient (Wildman–Crippen LogP) is 4.31. The molecule has 2 heteroatoms. The predicted molar refractivity (Wildman–Crippen MR) is 72.7 cm³/mol. The lowest BCUT2D eigenvalue weighted by molar-refractivity contribution is 0.104. The summed E-state index contributed by atoms with van der Waals surface area (Å²) in [5.41, 5.74) is 3.40. The summed E-state index contributed by atoms with van der Waals surface area (Å²) in [5.74, 6) is 1.65. The normalized spacial score (nSPS) is 17.6. The van der Waals surface area contributed by atoms with Gasteiger partial charge in [-0.25, -0.2) is 0 Å². The topological polar surface area (TPSA) is 33.4 Å². The standard InChI is InChI=1S/C16H20O2/c1-9(2)15(17)16-10(3)13-8-12(11-4-5-11)6-7-14(13)18-16/h6-9,11,15,17H,4-5H2,1-3H3. The van der Waals surface area contributed by atoms with Gasteiger partial charge in [0, 0.05) is 10.9 Å². The summed E-state index contributed by atoms with van der Waals surface area (Å²) in [7, 11) is 0. The van der Waals surface area contributed by atoms with Crippen molar-refractivity contribution in [3.63, 3.8) is 0 Å². The maximum Gasteiger partial charge on any atom is 0.136 e. The molecule has 1 unspecified atom stereocenters. The maximum atomic E-state index is 10.2. The molecular weight excluding hydrogens is 224 g/mol. The zero-order valence-corrected chi connectivity index (χ0v) is 11.2. The van der Waals surface area contributed by atoms with Crippen LogP contribution in [0.25, 0.3) is 11.0 Å². The molecule has 1 saturated carbocycles. The summed E-state index contributed by atoms with van der Waals surface area (Å²) in [4.78, 5) is 0. The van der Waals surface area contributed by atoms with Gasteiger partial charge in [0.05, 0.1) is 0 Å². The van der Waals surface area contributed by atoms with Gasteiger partial charge in [0.2, 0.25) is 0 Å². The average molecular weight is 244 g/mol. The number of rotatable bonds is 3. The van der Waals surface area contributed by atoms with Crippen molar-refractivity contribution in [2.45, 2.75) is 45.6 Å². The molecule has 2 nitrogen and oxygen atoms in total. The van der Waals surface area contributed by atoms with Gasteiger partial charge in [-0.2, -0.15) is 0 Å². The van der Waals surface area contributed by atoms with Crippen LogP contribution in [0.5, 0.6) is 0 Å². The molecule has 1 aromatic carbocycles. The third-order valence-electron chi connectivity index (χ3n) is 3.95. The lowest BCUT2D eigenvalue weighted by Gasteiger charge is -2.12. The lowest BCUT2D eigenvalue weighted by atomic mass is 10.00. The number of hydrogen-bond donors (Lipinski definition) is 1. The Morgan fingerprint density at radius 1 is 1.28 bits per heavy atom. The number of aliphatic hydroxyl groups excluding tert-OH is 1. The van der Waals surface area contributed by atoms with Gasteiger partial charge in [-0.1, -0.05) is 19.9 Å². The molecule has 1 N–H and O–H groups in total. The second-order valence-electron chi connectivity index (χ2n) is 5.81. The highest BCUT2D eigenvalue weighted by molar-refractivity contribution is 5.83. The van der Waals surface area contributed by atoms with Gasteiger partial charge in [-0.3, -0.25) is 0 Å². The largest absolute Gasteiger partial charge is 0.458 e. The molecule has 2 aromatic rings. The summed E-state index contributed by atoms with van der Waals surface area (Å²) in [5, 5.41) is 11.3. The minimum atomic E-state index is -0.512. The van der Waals surface area contributed by atoms with Crippen LogP contribution < -0.4 is 0 Å². The molecule has 0 bridgehead atoms. The van der Waals surface area contributed by atoms with Gasteiger partial charge in [0.25, 0.3) is 0 Å². The van der Waals surface area contributed by atoms with E-state index in [1.165, 1.54) is 18.4 Å². The van der Waals surface area contributed by atoms with Gasteiger partial charge in [-0.15, -0.1) is 0 Å². The van der Waals surface area contributed by atoms with Crippen molar-refractivity contribution in [3.05, 3.63) is 35.1 Å². The molecule has 1 aliphatic rings. The highest BCUT2D eigenvalue weighted by Crippen LogP contribution is 2.42. The average Bonchev–Trinajstić information content (AvgIpc) is 3.14. The smallest absolute Gasteiger partial charge is 0.136 e. The first-order valence-electron chi connectivity index (χ1n) is 6.79. The van der Waals surface area contributed by atoms with Crippen molar-refractivity contribution in [2.24, 2.45) is 5.92 Å². The van der Waals surface area contributed by atoms with Crippen LogP contribution in [0.4, 0.5) is 0 Å². The number of fused-ring (bicyclic) bond motifs is 1. The molecule has 0 radical (unpaired) electrons. The first kappa shape index (κ1) is 11.8. The van der Waals surface area contributed by atoms with Gasteiger partial charge in [-0.05, 0) is 49.3 Å². The molecule has 1 aromatic heterocycles. The van der Waals surface area contributed by atoms with Crippen molar-refractivity contribution in [1.29, 1.82) is 0 Å². The maximum absolute atomic E-state index is 10.2. The van der Waals surface area contributed by atoms with Crippen molar-refractivity contribution in [1.82, 2.24) is 0 Å². The minimum Gasteiger partial charge on any atom is -0.458 e. The number of aliphatic hydroxyl groups is 1. The first-order valence-corrected chi connectivity index (χ1v) is 6.79. The fourth-order valence-corrected chi connectivity index (χ4v) is 2.51. The Bertz CT molecular complexity index is 576. The van der Waals surface area contributed by atoms with E-state index in [1.54, 1.807) is 0 Å². The van der Waals surface area contributed by atoms with E-state index < -0.39 is 6.10 Å². The van der Waals surface area contributed by atoms with Gasteiger partial charge < -0.3 is 9.52 Å². The quantitative estimate of drug-likeness (QED) is 0.872. The summed E-state index contributed by atoms with van der Waals surface area (Å²) in [6.07, 6.45) is 2.11. The second kappa shape index (κ2) is 4.13. The van der Waals surface area contributed by atoms with Crippen molar-refractivity contribution < 1.29 is 9.52 Å². The molecule has 0 aliphatic heterocycles. The van der Waals surface area contributed by atoms with Gasteiger partial charge >= 0.3 is 0 Å². The molecule has 96 valence electrons. The van der Waals surface area contributed by atoms with E-state index in [9.17, 15) is 5.11 Å². The summed E-state index contributed by atoms with van der Waals surface area (Å²) < 4.78 is 5.83. The Morgan fingerprint density at radius 2 is 2.00 bits per heavy atom. The van der Waals surface area contributed by atoms with Crippen LogP contribution >= 0.6 is 0 Å². The number of hydrogen-bond acceptors (Lipinski definition) is 2. The highest BCUT2D eigenvalue weighted by Gasteiger charge is 2.25. The van der Waals surface area contributed by atoms with Crippen LogP contribution in [0.3, 0.4) is 0 Å². The van der Waals surface area contributed by atoms with E-state index in [4.69, 9.17) is 4.42 Å². The van der Waals surface area contributed by atoms with Gasteiger partial charge in [0.15, 0.2) is 0 Å². The van der Waals surface area contributed by atoms with Crippen molar-refractivity contribution >= 4 is 11.0 Å². The van der Waals surface area contributed by atoms with Crippen LogP contribution in [0, 0.1) is 12.8 Å². The fourth-order valence-electron chi connectivity index (χ4n) is 2.51. The number of furan rings is 1. The Balaban J connectivity index is 2.09. The third-order valence-corrected chi connectivity index (χ3v) is 3.95. The zero-order chi connectivity index (χ0) is 12.9. The molecule has 18 heavy (non-hydrogen) atoms. The molecular formula is C16H20O2. The number of aryl methyl sites for hydroxylation is 1. The molecule has 1 atom stereocenters. The molecule has 0 amide bonds. The van der Waals surface area contributed by atoms with E-state index in [2.05, 4.69) is 12.1 Å². The first-order chi connectivity index (χ1) is 8.58. The van der Waals surface area contributed by atoms with Crippen LogP contribution in [0.2, 0.25) is 0 Å². The molecule has 0 spiro atoms. The Morgan fingerprint density at radius 3 is 2.61 bits per heavy atom. The Labute approximate surface area is 108 Å². The molecule has 1 aliphatic carbocycles. The monoisotopic (exact) mass is 244 g/mol. The molecule has 1 fully saturated rings. The Kier molecular flexibility index (Phi) is 2.70. The third kappa shape index (κ3) is 1.85. The zero-order valence-electron chi connectivity index (χ0n) is 11.2. The minimum absolute atomic E-state index is 0.173. The summed E-state index contributed by atoms with van der Waals surface area (Å²) in [6.45, 7) is 6.06.